The van der Waals surface area contributed by atoms with Crippen LogP contribution in [0.2, 0.25) is 0 Å². The zero-order chi connectivity index (χ0) is 18.9. The van der Waals surface area contributed by atoms with Gasteiger partial charge < -0.3 is 9.80 Å². The molecule has 0 saturated carbocycles. The number of piperazine rings is 1. The van der Waals surface area contributed by atoms with Gasteiger partial charge >= 0.3 is 0 Å². The second kappa shape index (κ2) is 6.88. The van der Waals surface area contributed by atoms with Crippen LogP contribution in [0.15, 0.2) is 55.0 Å². The topological polar surface area (TPSA) is 75.9 Å². The van der Waals surface area contributed by atoms with Crippen molar-refractivity contribution in [1.29, 1.82) is 0 Å². The molecule has 0 amide bonds. The van der Waals surface area contributed by atoms with Gasteiger partial charge in [-0.1, -0.05) is 18.2 Å². The van der Waals surface area contributed by atoms with Gasteiger partial charge in [-0.2, -0.15) is 15.3 Å². The number of benzene rings is 1. The van der Waals surface area contributed by atoms with Gasteiger partial charge in [-0.25, -0.2) is 14.6 Å². The lowest BCUT2D eigenvalue weighted by Crippen LogP contribution is -2.47. The van der Waals surface area contributed by atoms with Gasteiger partial charge in [0.15, 0.2) is 5.65 Å². The van der Waals surface area contributed by atoms with Crippen molar-refractivity contribution in [3.05, 3.63) is 60.8 Å². The molecule has 1 aliphatic rings. The highest BCUT2D eigenvalue weighted by Gasteiger charge is 2.22. The summed E-state index contributed by atoms with van der Waals surface area (Å²) in [5.41, 5.74) is 2.95. The average molecular weight is 372 g/mol. The predicted octanol–water partition coefficient (Wildman–Crippen LogP) is 2.24. The smallest absolute Gasteiger partial charge is 0.168 e. The Labute approximate surface area is 162 Å². The van der Waals surface area contributed by atoms with E-state index in [-0.39, 0.29) is 0 Å². The van der Waals surface area contributed by atoms with Gasteiger partial charge in [0.1, 0.15) is 11.6 Å². The Kier molecular flexibility index (Phi) is 4.08. The molecule has 0 spiro atoms. The molecule has 5 rings (SSSR count). The second-order valence-corrected chi connectivity index (χ2v) is 6.80. The molecule has 1 saturated heterocycles. The van der Waals surface area contributed by atoms with Crippen molar-refractivity contribution in [3.8, 4) is 5.69 Å². The van der Waals surface area contributed by atoms with Crippen LogP contribution in [-0.2, 0) is 0 Å². The Morgan fingerprint density at radius 1 is 0.786 bits per heavy atom. The standard InChI is InChI=1S/C20H20N8/c1-15-24-19(27-11-9-26(10-12-27)17-7-8-21-22-13-17)18-14-23-28(20(18)25-15)16-5-3-2-4-6-16/h2-8,13-14H,9-12H2,1H3. The Morgan fingerprint density at radius 3 is 2.32 bits per heavy atom. The molecule has 4 aromatic rings. The van der Waals surface area contributed by atoms with Crippen LogP contribution in [0.25, 0.3) is 16.7 Å². The van der Waals surface area contributed by atoms with E-state index in [4.69, 9.17) is 4.98 Å². The van der Waals surface area contributed by atoms with Crippen LogP contribution in [0.5, 0.6) is 0 Å². The summed E-state index contributed by atoms with van der Waals surface area (Å²) in [4.78, 5) is 14.1. The maximum Gasteiger partial charge on any atom is 0.168 e. The molecule has 0 bridgehead atoms. The first-order valence-electron chi connectivity index (χ1n) is 9.34. The van der Waals surface area contributed by atoms with Crippen molar-refractivity contribution < 1.29 is 0 Å². The van der Waals surface area contributed by atoms with Crippen LogP contribution in [0.3, 0.4) is 0 Å². The Balaban J connectivity index is 1.46. The Morgan fingerprint density at radius 2 is 1.57 bits per heavy atom. The van der Waals surface area contributed by atoms with E-state index in [2.05, 4.69) is 30.1 Å². The molecule has 0 radical (unpaired) electrons. The number of hydrogen-bond acceptors (Lipinski definition) is 7. The maximum atomic E-state index is 4.75. The first-order chi connectivity index (χ1) is 13.8. The summed E-state index contributed by atoms with van der Waals surface area (Å²) in [6.45, 7) is 5.51. The normalized spacial score (nSPS) is 14.6. The van der Waals surface area contributed by atoms with Gasteiger partial charge in [0.2, 0.25) is 0 Å². The van der Waals surface area contributed by atoms with Crippen molar-refractivity contribution in [2.45, 2.75) is 6.92 Å². The minimum Gasteiger partial charge on any atom is -0.367 e. The third-order valence-corrected chi connectivity index (χ3v) is 5.03. The van der Waals surface area contributed by atoms with Crippen LogP contribution in [0.4, 0.5) is 11.5 Å². The zero-order valence-electron chi connectivity index (χ0n) is 15.6. The van der Waals surface area contributed by atoms with Gasteiger partial charge in [0.25, 0.3) is 0 Å². The van der Waals surface area contributed by atoms with Crippen molar-refractivity contribution in [1.82, 2.24) is 29.9 Å². The second-order valence-electron chi connectivity index (χ2n) is 6.80. The molecule has 1 aromatic carbocycles. The first-order valence-corrected chi connectivity index (χ1v) is 9.34. The molecule has 3 aromatic heterocycles. The summed E-state index contributed by atoms with van der Waals surface area (Å²) < 4.78 is 1.88. The van der Waals surface area contributed by atoms with Gasteiger partial charge in [0, 0.05) is 26.2 Å². The highest BCUT2D eigenvalue weighted by atomic mass is 15.3. The van der Waals surface area contributed by atoms with E-state index in [1.54, 1.807) is 6.20 Å². The van der Waals surface area contributed by atoms with Crippen molar-refractivity contribution in [2.75, 3.05) is 36.0 Å². The number of fused-ring (bicyclic) bond motifs is 1. The van der Waals surface area contributed by atoms with E-state index >= 15 is 0 Å². The molecule has 0 N–H and O–H groups in total. The molecular formula is C20H20N8. The van der Waals surface area contributed by atoms with Gasteiger partial charge in [-0.3, -0.25) is 0 Å². The maximum absolute atomic E-state index is 4.75. The molecule has 28 heavy (non-hydrogen) atoms. The van der Waals surface area contributed by atoms with Crippen molar-refractivity contribution in [2.24, 2.45) is 0 Å². The molecule has 0 unspecified atom stereocenters. The summed E-state index contributed by atoms with van der Waals surface area (Å²) >= 11 is 0. The fraction of sp³-hybridized carbons (Fsp3) is 0.250. The van der Waals surface area contributed by atoms with Crippen LogP contribution in [-0.4, -0.2) is 56.1 Å². The SMILES string of the molecule is Cc1nc(N2CCN(c3ccnnc3)CC2)c2cnn(-c3ccccc3)c2n1. The fourth-order valence-electron chi connectivity index (χ4n) is 3.65. The lowest BCUT2D eigenvalue weighted by Gasteiger charge is -2.36. The molecule has 8 heteroatoms. The van der Waals surface area contributed by atoms with E-state index < -0.39 is 0 Å². The fourth-order valence-corrected chi connectivity index (χ4v) is 3.65. The summed E-state index contributed by atoms with van der Waals surface area (Å²) in [6.07, 6.45) is 5.42. The molecule has 4 heterocycles. The Hall–Kier alpha value is -3.55. The average Bonchev–Trinajstić information content (AvgIpc) is 3.18. The highest BCUT2D eigenvalue weighted by Crippen LogP contribution is 2.27. The largest absolute Gasteiger partial charge is 0.367 e. The number of aromatic nitrogens is 6. The van der Waals surface area contributed by atoms with Gasteiger partial charge in [-0.05, 0) is 25.1 Å². The third-order valence-electron chi connectivity index (χ3n) is 5.03. The molecule has 8 nitrogen and oxygen atoms in total. The van der Waals surface area contributed by atoms with Crippen LogP contribution in [0, 0.1) is 6.92 Å². The number of rotatable bonds is 3. The highest BCUT2D eigenvalue weighted by molar-refractivity contribution is 5.88. The first kappa shape index (κ1) is 16.6. The van der Waals surface area contributed by atoms with E-state index in [9.17, 15) is 0 Å². The number of para-hydroxylation sites is 1. The number of hydrogen-bond donors (Lipinski definition) is 0. The lowest BCUT2D eigenvalue weighted by atomic mass is 10.2. The van der Waals surface area contributed by atoms with E-state index in [0.29, 0.717) is 0 Å². The summed E-state index contributed by atoms with van der Waals surface area (Å²) in [6, 6.07) is 12.1. The molecule has 0 atom stereocenters. The van der Waals surface area contributed by atoms with E-state index in [1.165, 1.54) is 0 Å². The summed E-state index contributed by atoms with van der Waals surface area (Å²) in [5, 5.41) is 13.4. The molecule has 0 aliphatic carbocycles. The zero-order valence-corrected chi connectivity index (χ0v) is 15.6. The number of anilines is 2. The van der Waals surface area contributed by atoms with Crippen LogP contribution >= 0.6 is 0 Å². The summed E-state index contributed by atoms with van der Waals surface area (Å²) in [7, 11) is 0. The predicted molar refractivity (Wildman–Crippen MR) is 108 cm³/mol. The van der Waals surface area contributed by atoms with Crippen LogP contribution in [0.1, 0.15) is 5.82 Å². The molecular weight excluding hydrogens is 352 g/mol. The van der Waals surface area contributed by atoms with Crippen molar-refractivity contribution >= 4 is 22.5 Å². The Bertz CT molecular complexity index is 1090. The molecule has 1 fully saturated rings. The monoisotopic (exact) mass is 372 g/mol. The summed E-state index contributed by atoms with van der Waals surface area (Å²) in [5.74, 6) is 1.71. The lowest BCUT2D eigenvalue weighted by molar-refractivity contribution is 0.646. The number of nitrogens with zero attached hydrogens (tertiary/aromatic N) is 8. The minimum atomic E-state index is 0.751. The molecule has 140 valence electrons. The molecule has 1 aliphatic heterocycles. The van der Waals surface area contributed by atoms with Crippen molar-refractivity contribution in [3.63, 3.8) is 0 Å². The van der Waals surface area contributed by atoms with E-state index in [1.807, 2.05) is 60.4 Å². The van der Waals surface area contributed by atoms with Crippen LogP contribution < -0.4 is 9.80 Å². The van der Waals surface area contributed by atoms with E-state index in [0.717, 1.165) is 60.2 Å². The number of aryl methyl sites for hydroxylation is 1. The third kappa shape index (κ3) is 2.92. The quantitative estimate of drug-likeness (QED) is 0.546. The van der Waals surface area contributed by atoms with Gasteiger partial charge in [-0.15, -0.1) is 0 Å². The minimum absolute atomic E-state index is 0.751. The van der Waals surface area contributed by atoms with Gasteiger partial charge in [0.05, 0.1) is 35.4 Å².